The number of hydrogen-bond acceptors (Lipinski definition) is 0. The predicted molar refractivity (Wildman–Crippen MR) is 121 cm³/mol. The first kappa shape index (κ1) is 27.7. The fourth-order valence-electron chi connectivity index (χ4n) is 6.63. The molecular formula is C22H44Cl2SiZr. The molecule has 0 heterocycles. The quantitative estimate of drug-likeness (QED) is 0.263. The molecule has 0 aromatic rings. The third-order valence-electron chi connectivity index (χ3n) is 7.89. The number of rotatable bonds is 2. The summed E-state index contributed by atoms with van der Waals surface area (Å²) >= 11 is -0.826. The third kappa shape index (κ3) is 6.34. The minimum atomic E-state index is -1.07. The zero-order chi connectivity index (χ0) is 18.0. The van der Waals surface area contributed by atoms with Gasteiger partial charge in [0.05, 0.1) is 8.07 Å². The van der Waals surface area contributed by atoms with Crippen LogP contribution < -0.4 is 0 Å². The van der Waals surface area contributed by atoms with E-state index in [0.29, 0.717) is 5.41 Å². The summed E-state index contributed by atoms with van der Waals surface area (Å²) in [4.78, 5) is 0. The van der Waals surface area contributed by atoms with Crippen molar-refractivity contribution in [2.24, 2.45) is 23.2 Å². The normalized spacial score (nSPS) is 31.7. The molecule has 0 amide bonds. The minimum absolute atomic E-state index is 0. The van der Waals surface area contributed by atoms with Gasteiger partial charge in [-0.05, 0) is 47.1 Å². The van der Waals surface area contributed by atoms with Gasteiger partial charge < -0.3 is 14.9 Å². The van der Waals surface area contributed by atoms with Crippen LogP contribution in [0, 0.1) is 38.0 Å². The summed E-state index contributed by atoms with van der Waals surface area (Å²) in [6, 6.07) is 0. The Morgan fingerprint density at radius 1 is 0.808 bits per heavy atom. The molecule has 0 N–H and O–H groups in total. The third-order valence-corrected chi connectivity index (χ3v) is 13.1. The van der Waals surface area contributed by atoms with Crippen LogP contribution in [0.2, 0.25) is 24.2 Å². The molecule has 0 aliphatic heterocycles. The van der Waals surface area contributed by atoms with Gasteiger partial charge in [0.1, 0.15) is 0 Å². The Morgan fingerprint density at radius 2 is 1.23 bits per heavy atom. The summed E-state index contributed by atoms with van der Waals surface area (Å²) in [6.07, 6.45) is 14.0. The fourth-order valence-corrected chi connectivity index (χ4v) is 11.5. The van der Waals surface area contributed by atoms with Gasteiger partial charge in [-0.3, -0.25) is 0 Å². The summed E-state index contributed by atoms with van der Waals surface area (Å²) in [7, 11) is 8.80. The van der Waals surface area contributed by atoms with Gasteiger partial charge in [0, 0.05) is 0 Å². The van der Waals surface area contributed by atoms with Crippen LogP contribution in [0.1, 0.15) is 78.6 Å². The molecular weight excluding hydrogens is 454 g/mol. The van der Waals surface area contributed by atoms with Crippen molar-refractivity contribution in [3.05, 3.63) is 14.9 Å². The van der Waals surface area contributed by atoms with Gasteiger partial charge in [0.25, 0.3) is 0 Å². The van der Waals surface area contributed by atoms with Gasteiger partial charge in [0.2, 0.25) is 0 Å². The Hall–Kier alpha value is 1.68. The van der Waals surface area contributed by atoms with Crippen LogP contribution >= 0.6 is 17.0 Å². The Labute approximate surface area is 185 Å². The molecule has 4 atom stereocenters. The molecule has 3 aliphatic rings. The molecule has 0 radical (unpaired) electrons. The average molecular weight is 499 g/mol. The van der Waals surface area contributed by atoms with E-state index < -0.39 is 28.9 Å². The molecule has 0 aromatic carbocycles. The van der Waals surface area contributed by atoms with Gasteiger partial charge in [-0.2, -0.15) is 0 Å². The van der Waals surface area contributed by atoms with E-state index in [-0.39, 0.29) is 14.9 Å². The average Bonchev–Trinajstić information content (AvgIpc) is 3.16. The molecule has 4 unspecified atom stereocenters. The molecule has 26 heavy (non-hydrogen) atoms. The number of fused-ring (bicyclic) bond motifs is 1. The molecule has 0 aromatic heterocycles. The van der Waals surface area contributed by atoms with Gasteiger partial charge in [-0.1, -0.05) is 78.8 Å². The Balaban J connectivity index is 0.00000117. The van der Waals surface area contributed by atoms with Gasteiger partial charge in [-0.15, -0.1) is 0 Å². The van der Waals surface area contributed by atoms with E-state index in [2.05, 4.69) is 33.9 Å². The second kappa shape index (κ2) is 11.8. The van der Waals surface area contributed by atoms with Crippen LogP contribution in [0.25, 0.3) is 0 Å². The molecule has 3 aliphatic carbocycles. The van der Waals surface area contributed by atoms with E-state index in [1.165, 1.54) is 25.7 Å². The molecule has 3 saturated carbocycles. The van der Waals surface area contributed by atoms with Crippen molar-refractivity contribution in [3.8, 4) is 0 Å². The van der Waals surface area contributed by atoms with E-state index in [0.717, 1.165) is 28.8 Å². The molecule has 0 saturated heterocycles. The first-order valence-corrected chi connectivity index (χ1v) is 19.7. The second-order valence-corrected chi connectivity index (χ2v) is 19.2. The van der Waals surface area contributed by atoms with E-state index in [4.69, 9.17) is 17.0 Å². The van der Waals surface area contributed by atoms with Crippen LogP contribution in [-0.2, 0) is 20.8 Å². The first-order chi connectivity index (χ1) is 11.2. The van der Waals surface area contributed by atoms with Crippen molar-refractivity contribution >= 4 is 25.1 Å². The molecule has 0 spiro atoms. The van der Waals surface area contributed by atoms with Crippen molar-refractivity contribution in [1.82, 2.24) is 0 Å². The van der Waals surface area contributed by atoms with Crippen molar-refractivity contribution in [2.45, 2.75) is 103 Å². The van der Waals surface area contributed by atoms with Crippen LogP contribution in [0.15, 0.2) is 0 Å². The van der Waals surface area contributed by atoms with Crippen LogP contribution in [0.4, 0.5) is 0 Å². The van der Waals surface area contributed by atoms with Crippen LogP contribution in [-0.4, -0.2) is 8.07 Å². The first-order valence-electron chi connectivity index (χ1n) is 10.2. The number of halogens is 2. The molecule has 0 nitrogen and oxygen atoms in total. The molecule has 3 fully saturated rings. The van der Waals surface area contributed by atoms with E-state index in [1.54, 1.807) is 32.1 Å². The number of hydrogen-bond donors (Lipinski definition) is 0. The zero-order valence-electron chi connectivity index (χ0n) is 18.5. The summed E-state index contributed by atoms with van der Waals surface area (Å²) in [5.41, 5.74) is 2.84. The summed E-state index contributed by atoms with van der Waals surface area (Å²) in [6.45, 7) is 13.1. The summed E-state index contributed by atoms with van der Waals surface area (Å²) in [5, 5.41) is 0. The zero-order valence-corrected chi connectivity index (χ0v) is 23.5. The van der Waals surface area contributed by atoms with Gasteiger partial charge in [-0.25, -0.2) is 0 Å². The van der Waals surface area contributed by atoms with Crippen LogP contribution in [0.3, 0.4) is 0 Å². The fraction of sp³-hybridized carbons (Fsp3) is 0.909. The second-order valence-electron chi connectivity index (χ2n) is 10.3. The Kier molecular flexibility index (Phi) is 12.5. The topological polar surface area (TPSA) is 0 Å². The molecule has 4 heteroatoms. The Bertz CT molecular complexity index is 388. The van der Waals surface area contributed by atoms with E-state index in [1.807, 2.05) is 0 Å². The monoisotopic (exact) mass is 496 g/mol. The standard InChI is InChI=1S/C20H38Si.2CH3.2ClH.Zr/c1-20(2,3)18-14-19(17-13-9-8-12-16(17)18)21(4,5)15-10-6-7-11-15;;;;;/h15-19H,6-14H2,1-5H3;2*1H3;2*1H;/q;2*-1;;;+4/p-2. The maximum atomic E-state index is 4.93. The van der Waals surface area contributed by atoms with E-state index >= 15 is 0 Å². The SMILES string of the molecule is CC(C)(C)C1CC([Si](C)(C)C2CCCC2)C2CCCCC21.[CH3-].[CH3-].[Cl][Zr+2][Cl]. The van der Waals surface area contributed by atoms with E-state index in [9.17, 15) is 0 Å². The van der Waals surface area contributed by atoms with Crippen LogP contribution in [0.5, 0.6) is 0 Å². The summed E-state index contributed by atoms with van der Waals surface area (Å²) in [5.74, 6) is 3.21. The molecule has 3 rings (SSSR count). The molecule has 0 bridgehead atoms. The summed E-state index contributed by atoms with van der Waals surface area (Å²) < 4.78 is 0. The van der Waals surface area contributed by atoms with Crippen molar-refractivity contribution < 1.29 is 20.8 Å². The van der Waals surface area contributed by atoms with Crippen molar-refractivity contribution in [2.75, 3.05) is 0 Å². The molecule has 154 valence electrons. The van der Waals surface area contributed by atoms with Crippen molar-refractivity contribution in [3.63, 3.8) is 0 Å². The maximum absolute atomic E-state index is 4.93. The van der Waals surface area contributed by atoms with Crippen molar-refractivity contribution in [1.29, 1.82) is 0 Å². The van der Waals surface area contributed by atoms with Gasteiger partial charge in [0.15, 0.2) is 0 Å². The predicted octanol–water partition coefficient (Wildman–Crippen LogP) is 9.16. The van der Waals surface area contributed by atoms with Gasteiger partial charge >= 0.3 is 37.9 Å². The Morgan fingerprint density at radius 3 is 1.69 bits per heavy atom.